The molecule has 1 heterocycles. The Balaban J connectivity index is 2.19. The highest BCUT2D eigenvalue weighted by Gasteiger charge is 2.45. The van der Waals surface area contributed by atoms with Gasteiger partial charge in [-0.25, -0.2) is 0 Å². The fraction of sp³-hybridized carbons (Fsp3) is 0.519. The smallest absolute Gasteiger partial charge is 0.250 e. The first kappa shape index (κ1) is 28.7. The molecule has 0 radical (unpaired) electrons. The number of fused-ring (bicyclic) bond motifs is 2. The third-order valence-electron chi connectivity index (χ3n) is 8.53. The lowest BCUT2D eigenvalue weighted by Crippen LogP contribution is -2.61. The summed E-state index contributed by atoms with van der Waals surface area (Å²) in [5.74, 6) is 0.627. The monoisotopic (exact) mass is 566 g/mol. The molecule has 3 rings (SSSR count). The third-order valence-corrected chi connectivity index (χ3v) is 21.0. The zero-order valence-corrected chi connectivity index (χ0v) is 27.5. The van der Waals surface area contributed by atoms with Gasteiger partial charge in [-0.1, -0.05) is 83.0 Å². The van der Waals surface area contributed by atoms with Crippen molar-refractivity contribution in [3.63, 3.8) is 0 Å². The number of carbonyl (C=O) groups excluding carboxylic acids is 1. The number of halogens is 2. The third kappa shape index (κ3) is 4.87. The highest BCUT2D eigenvalue weighted by Crippen LogP contribution is 2.42. The van der Waals surface area contributed by atoms with Crippen LogP contribution in [0, 0.1) is 0 Å². The van der Waals surface area contributed by atoms with E-state index >= 15 is 0 Å². The molecule has 2 aromatic rings. The summed E-state index contributed by atoms with van der Waals surface area (Å²) in [6, 6.07) is 7.63. The molecule has 0 spiro atoms. The molecule has 0 saturated heterocycles. The van der Waals surface area contributed by atoms with Crippen molar-refractivity contribution in [1.82, 2.24) is 0 Å². The van der Waals surface area contributed by atoms with Crippen LogP contribution < -0.4 is 14.8 Å². The van der Waals surface area contributed by atoms with E-state index in [1.54, 1.807) is 0 Å². The molecule has 0 aliphatic carbocycles. The van der Waals surface area contributed by atoms with E-state index in [9.17, 15) is 9.59 Å². The van der Waals surface area contributed by atoms with E-state index in [0.717, 1.165) is 15.9 Å². The van der Waals surface area contributed by atoms with E-state index in [2.05, 4.69) is 60.8 Å². The second-order valence-electron chi connectivity index (χ2n) is 13.2. The van der Waals surface area contributed by atoms with E-state index in [0.29, 0.717) is 33.3 Å². The van der Waals surface area contributed by atoms with Gasteiger partial charge in [0.25, 0.3) is 8.32 Å². The van der Waals surface area contributed by atoms with Crippen LogP contribution >= 0.6 is 23.2 Å². The van der Waals surface area contributed by atoms with E-state index in [1.165, 1.54) is 0 Å². The maximum absolute atomic E-state index is 13.7. The Morgan fingerprint density at radius 3 is 1.86 bits per heavy atom. The van der Waals surface area contributed by atoms with Gasteiger partial charge in [0.15, 0.2) is 14.1 Å². The van der Waals surface area contributed by atoms with Gasteiger partial charge in [0, 0.05) is 16.1 Å². The van der Waals surface area contributed by atoms with Crippen molar-refractivity contribution in [2.75, 3.05) is 0 Å². The number of hydrogen-bond donors (Lipinski definition) is 1. The van der Waals surface area contributed by atoms with Gasteiger partial charge in [0.2, 0.25) is 0 Å². The van der Waals surface area contributed by atoms with Crippen molar-refractivity contribution >= 4 is 64.1 Å². The van der Waals surface area contributed by atoms with Crippen LogP contribution in [0.4, 0.5) is 0 Å². The molecule has 1 aliphatic heterocycles. The quantitative estimate of drug-likeness (QED) is 0.387. The molecule has 0 bridgehead atoms. The maximum atomic E-state index is 13.7. The van der Waals surface area contributed by atoms with Crippen LogP contribution in [0.2, 0.25) is 59.4 Å². The second kappa shape index (κ2) is 8.84. The Hall–Kier alpha value is -0.899. The number of hydrogen-bond acceptors (Lipinski definition) is 3. The van der Waals surface area contributed by atoms with Crippen molar-refractivity contribution in [1.29, 1.82) is 0 Å². The average molecular weight is 568 g/mol. The minimum Gasteiger partial charge on any atom is -0.543 e. The van der Waals surface area contributed by atoms with Crippen molar-refractivity contribution in [2.45, 2.75) is 90.4 Å². The van der Waals surface area contributed by atoms with Crippen LogP contribution in [0.15, 0.2) is 24.3 Å². The summed E-state index contributed by atoms with van der Waals surface area (Å²) < 4.78 is 6.60. The van der Waals surface area contributed by atoms with Crippen molar-refractivity contribution < 1.29 is 14.0 Å². The average Bonchev–Trinajstić information content (AvgIpc) is 2.67. The van der Waals surface area contributed by atoms with Gasteiger partial charge < -0.3 is 9.22 Å². The summed E-state index contributed by atoms with van der Waals surface area (Å²) >= 11 is 14.2. The zero-order chi connectivity index (χ0) is 26.9. The molecule has 0 atom stereocenters. The molecular formula is C27H40Cl2O3Si3. The van der Waals surface area contributed by atoms with Crippen LogP contribution in [-0.2, 0) is 6.42 Å². The summed E-state index contributed by atoms with van der Waals surface area (Å²) in [4.78, 5) is 24.5. The highest BCUT2D eigenvalue weighted by atomic mass is 35.5. The van der Waals surface area contributed by atoms with Gasteiger partial charge in [-0.3, -0.25) is 4.79 Å². The van der Waals surface area contributed by atoms with E-state index in [-0.39, 0.29) is 15.9 Å². The second-order valence-corrected chi connectivity index (χ2v) is 27.4. The molecule has 3 nitrogen and oxygen atoms in total. The van der Waals surface area contributed by atoms with Crippen LogP contribution in [0.1, 0.15) is 56.1 Å². The summed E-state index contributed by atoms with van der Waals surface area (Å²) in [5.41, 5.74) is 2.32. The van der Waals surface area contributed by atoms with Gasteiger partial charge in [0.05, 0.1) is 5.02 Å². The molecule has 8 heteroatoms. The Morgan fingerprint density at radius 2 is 1.37 bits per heavy atom. The molecule has 0 aromatic heterocycles. The van der Waals surface area contributed by atoms with Gasteiger partial charge in [0.1, 0.15) is 13.8 Å². The minimum absolute atomic E-state index is 0.0242. The fourth-order valence-electron chi connectivity index (χ4n) is 4.38. The molecule has 2 aromatic carbocycles. The molecule has 0 amide bonds. The summed E-state index contributed by atoms with van der Waals surface area (Å²) in [5, 5.41) is 2.80. The summed E-state index contributed by atoms with van der Waals surface area (Å²) in [7, 11) is -7.03. The van der Waals surface area contributed by atoms with E-state index < -0.39 is 24.7 Å². The maximum Gasteiger partial charge on any atom is 0.250 e. The van der Waals surface area contributed by atoms with Crippen LogP contribution in [0.25, 0.3) is 0 Å². The first-order chi connectivity index (χ1) is 15.6. The van der Waals surface area contributed by atoms with Crippen molar-refractivity contribution in [3.8, 4) is 5.75 Å². The lowest BCUT2D eigenvalue weighted by atomic mass is 9.96. The number of ketones is 1. The fourth-order valence-corrected chi connectivity index (χ4v) is 11.3. The van der Waals surface area contributed by atoms with E-state index in [1.807, 2.05) is 37.4 Å². The largest absolute Gasteiger partial charge is 0.543 e. The summed E-state index contributed by atoms with van der Waals surface area (Å²) in [6.45, 7) is 23.5. The standard InChI is InChI=1S/C27H40Cl2O3Si3/c1-26(2,3)35(10,11)32-20-15-14-19-23(30)18-13-12-17(16-27(4,5)34(8,9)31)21(28)24(18)33(6,7)25(19)22(20)29/h12-15,31H,16H2,1-11H3. The number of carbonyl (C=O) groups is 1. The lowest BCUT2D eigenvalue weighted by molar-refractivity contribution is 0.104. The Morgan fingerprint density at radius 1 is 0.886 bits per heavy atom. The van der Waals surface area contributed by atoms with Crippen molar-refractivity contribution in [3.05, 3.63) is 51.0 Å². The minimum atomic E-state index is -2.47. The number of benzene rings is 2. The summed E-state index contributed by atoms with van der Waals surface area (Å²) in [6.07, 6.45) is 0.655. The Bertz CT molecular complexity index is 1100. The molecule has 0 fully saturated rings. The topological polar surface area (TPSA) is 46.5 Å². The molecular weight excluding hydrogens is 527 g/mol. The van der Waals surface area contributed by atoms with Gasteiger partial charge >= 0.3 is 0 Å². The van der Waals surface area contributed by atoms with Crippen LogP contribution in [0.5, 0.6) is 5.75 Å². The lowest BCUT2D eigenvalue weighted by Gasteiger charge is -2.39. The first-order valence-corrected chi connectivity index (χ1v) is 21.9. The first-order valence-electron chi connectivity index (χ1n) is 12.2. The van der Waals surface area contributed by atoms with Gasteiger partial charge in [-0.15, -0.1) is 0 Å². The molecule has 35 heavy (non-hydrogen) atoms. The molecule has 192 valence electrons. The predicted molar refractivity (Wildman–Crippen MR) is 158 cm³/mol. The van der Waals surface area contributed by atoms with Gasteiger partial charge in [-0.2, -0.15) is 0 Å². The highest BCUT2D eigenvalue weighted by molar-refractivity contribution is 7.04. The SMILES string of the molecule is CC(C)(Cc1ccc2c(c1Cl)[Si](C)(C)c1c(ccc(O[Si](C)(C)C(C)(C)C)c1Cl)C2=O)[Si](C)(C)O. The molecule has 1 aliphatic rings. The number of rotatable bonds is 5. The van der Waals surface area contributed by atoms with E-state index in [4.69, 9.17) is 27.6 Å². The molecule has 1 N–H and O–H groups in total. The van der Waals surface area contributed by atoms with Gasteiger partial charge in [-0.05, 0) is 70.8 Å². The predicted octanol–water partition coefficient (Wildman–Crippen LogP) is 7.26. The van der Waals surface area contributed by atoms with Crippen LogP contribution in [-0.4, -0.2) is 35.3 Å². The molecule has 0 saturated carbocycles. The molecule has 0 unspecified atom stereocenters. The Labute approximate surface area is 224 Å². The normalized spacial score (nSPS) is 16.1. The van der Waals surface area contributed by atoms with Crippen molar-refractivity contribution in [2.24, 2.45) is 0 Å². The van der Waals surface area contributed by atoms with Crippen LogP contribution in [0.3, 0.4) is 0 Å². The Kier molecular flexibility index (Phi) is 7.24. The zero-order valence-electron chi connectivity index (χ0n) is 23.0.